The number of ether oxygens (including phenoxy) is 1. The predicted molar refractivity (Wildman–Crippen MR) is 109 cm³/mol. The fourth-order valence-corrected chi connectivity index (χ4v) is 5.45. The molecule has 6 nitrogen and oxygen atoms in total. The fourth-order valence-electron chi connectivity index (χ4n) is 3.94. The summed E-state index contributed by atoms with van der Waals surface area (Å²) in [6.07, 6.45) is -4.82. The molecule has 2 aromatic carbocycles. The third-order valence-corrected chi connectivity index (χ3v) is 7.26. The molecule has 1 N–H and O–H groups in total. The molecule has 10 heteroatoms. The number of benzene rings is 2. The summed E-state index contributed by atoms with van der Waals surface area (Å²) in [6, 6.07) is 13.3. The van der Waals surface area contributed by atoms with E-state index in [9.17, 15) is 26.7 Å². The minimum Gasteiger partial charge on any atom is -0.406 e. The van der Waals surface area contributed by atoms with Gasteiger partial charge in [0, 0.05) is 25.6 Å². The quantitative estimate of drug-likeness (QED) is 0.721. The molecule has 170 valence electrons. The number of alkyl halides is 3. The van der Waals surface area contributed by atoms with Crippen LogP contribution in [-0.2, 0) is 15.6 Å². The molecule has 0 bridgehead atoms. The molecular formula is C21H25F3N2O4S. The van der Waals surface area contributed by atoms with Gasteiger partial charge in [-0.05, 0) is 50.3 Å². The molecule has 2 aromatic rings. The monoisotopic (exact) mass is 458 g/mol. The van der Waals surface area contributed by atoms with Crippen LogP contribution in [0.1, 0.15) is 12.0 Å². The highest BCUT2D eigenvalue weighted by atomic mass is 32.2. The molecule has 1 saturated heterocycles. The summed E-state index contributed by atoms with van der Waals surface area (Å²) < 4.78 is 69.4. The minimum absolute atomic E-state index is 0.0241. The van der Waals surface area contributed by atoms with E-state index >= 15 is 0 Å². The Labute approximate surface area is 179 Å². The van der Waals surface area contributed by atoms with Gasteiger partial charge >= 0.3 is 6.36 Å². The van der Waals surface area contributed by atoms with Gasteiger partial charge in [-0.1, -0.05) is 30.3 Å². The van der Waals surface area contributed by atoms with Gasteiger partial charge in [0.05, 0.1) is 10.5 Å². The zero-order valence-corrected chi connectivity index (χ0v) is 18.0. The molecule has 0 spiro atoms. The number of nitrogens with zero attached hydrogens (tertiary/aromatic N) is 2. The van der Waals surface area contributed by atoms with Crippen molar-refractivity contribution in [3.05, 3.63) is 60.2 Å². The maximum atomic E-state index is 13.1. The van der Waals surface area contributed by atoms with E-state index in [1.54, 1.807) is 32.3 Å². The van der Waals surface area contributed by atoms with Gasteiger partial charge < -0.3 is 14.7 Å². The third kappa shape index (κ3) is 5.38. The summed E-state index contributed by atoms with van der Waals surface area (Å²) in [5, 5.41) is 11.5. The van der Waals surface area contributed by atoms with Crippen molar-refractivity contribution in [2.45, 2.75) is 23.3 Å². The molecular weight excluding hydrogens is 433 g/mol. The Morgan fingerprint density at radius 3 is 2.45 bits per heavy atom. The number of hydrogen-bond acceptors (Lipinski definition) is 5. The number of sulfonamides is 1. The molecule has 2 unspecified atom stereocenters. The fraction of sp³-hybridized carbons (Fsp3) is 0.429. The van der Waals surface area contributed by atoms with Crippen molar-refractivity contribution in [1.29, 1.82) is 0 Å². The van der Waals surface area contributed by atoms with E-state index in [2.05, 4.69) is 4.74 Å². The number of hydrogen-bond donors (Lipinski definition) is 1. The summed E-state index contributed by atoms with van der Waals surface area (Å²) in [5.74, 6) is -1.00. The van der Waals surface area contributed by atoms with E-state index in [-0.39, 0.29) is 30.0 Å². The van der Waals surface area contributed by atoms with Crippen LogP contribution in [0.15, 0.2) is 59.5 Å². The van der Waals surface area contributed by atoms with Gasteiger partial charge in [0.1, 0.15) is 5.75 Å². The van der Waals surface area contributed by atoms with Crippen molar-refractivity contribution in [2.75, 3.05) is 33.7 Å². The smallest absolute Gasteiger partial charge is 0.406 e. The SMILES string of the molecule is CN(C)CC1CN(S(=O)(=O)c2ccccc2)CCC1(O)c1cccc(OC(F)(F)F)c1. The predicted octanol–water partition coefficient (Wildman–Crippen LogP) is 3.05. The van der Waals surface area contributed by atoms with Gasteiger partial charge in [-0.3, -0.25) is 0 Å². The largest absolute Gasteiger partial charge is 0.573 e. The second-order valence-electron chi connectivity index (χ2n) is 7.89. The minimum atomic E-state index is -4.85. The van der Waals surface area contributed by atoms with Crippen LogP contribution in [0.5, 0.6) is 5.75 Å². The molecule has 0 aliphatic carbocycles. The van der Waals surface area contributed by atoms with E-state index in [1.807, 2.05) is 4.90 Å². The van der Waals surface area contributed by atoms with Crippen molar-refractivity contribution < 1.29 is 31.4 Å². The lowest BCUT2D eigenvalue weighted by atomic mass is 9.76. The highest BCUT2D eigenvalue weighted by molar-refractivity contribution is 7.89. The molecule has 1 aliphatic heterocycles. The first-order valence-electron chi connectivity index (χ1n) is 9.70. The summed E-state index contributed by atoms with van der Waals surface area (Å²) >= 11 is 0. The zero-order chi connectivity index (χ0) is 22.9. The molecule has 0 saturated carbocycles. The molecule has 0 radical (unpaired) electrons. The Morgan fingerprint density at radius 1 is 1.16 bits per heavy atom. The molecule has 2 atom stereocenters. The lowest BCUT2D eigenvalue weighted by molar-refractivity contribution is -0.274. The molecule has 1 heterocycles. The Bertz CT molecular complexity index is 999. The van der Waals surface area contributed by atoms with Crippen molar-refractivity contribution in [3.63, 3.8) is 0 Å². The average molecular weight is 459 g/mol. The first-order valence-corrected chi connectivity index (χ1v) is 11.1. The molecule has 0 aromatic heterocycles. The zero-order valence-electron chi connectivity index (χ0n) is 17.2. The molecule has 31 heavy (non-hydrogen) atoms. The number of halogens is 3. The van der Waals surface area contributed by atoms with Crippen molar-refractivity contribution in [3.8, 4) is 5.75 Å². The van der Waals surface area contributed by atoms with Crippen LogP contribution in [-0.4, -0.2) is 62.8 Å². The normalized spacial score (nSPS) is 23.1. The van der Waals surface area contributed by atoms with E-state index in [0.29, 0.717) is 6.54 Å². The number of piperidine rings is 1. The number of aliphatic hydroxyl groups is 1. The number of rotatable bonds is 6. The summed E-state index contributed by atoms with van der Waals surface area (Å²) in [7, 11) is -0.193. The van der Waals surface area contributed by atoms with E-state index in [0.717, 1.165) is 12.1 Å². The van der Waals surface area contributed by atoms with Gasteiger partial charge in [-0.25, -0.2) is 8.42 Å². The van der Waals surface area contributed by atoms with Crippen LogP contribution in [0.25, 0.3) is 0 Å². The van der Waals surface area contributed by atoms with E-state index < -0.39 is 33.7 Å². The van der Waals surface area contributed by atoms with E-state index in [4.69, 9.17) is 0 Å². The van der Waals surface area contributed by atoms with Gasteiger partial charge in [0.25, 0.3) is 0 Å². The Balaban J connectivity index is 1.92. The van der Waals surface area contributed by atoms with Crippen LogP contribution < -0.4 is 4.74 Å². The van der Waals surface area contributed by atoms with Crippen LogP contribution in [0.4, 0.5) is 13.2 Å². The highest BCUT2D eigenvalue weighted by Gasteiger charge is 2.46. The standard InChI is InChI=1S/C21H25F3N2O4S/c1-25(2)14-17-15-26(31(28,29)19-9-4-3-5-10-19)12-11-20(17,27)16-7-6-8-18(13-16)30-21(22,23)24/h3-10,13,17,27H,11-12,14-15H2,1-2H3. The van der Waals surface area contributed by atoms with E-state index in [1.165, 1.54) is 28.6 Å². The third-order valence-electron chi connectivity index (χ3n) is 5.38. The summed E-state index contributed by atoms with van der Waals surface area (Å²) in [5.41, 5.74) is -1.25. The van der Waals surface area contributed by atoms with Crippen LogP contribution in [0.2, 0.25) is 0 Å². The Hall–Kier alpha value is -2.14. The summed E-state index contributed by atoms with van der Waals surface area (Å²) in [4.78, 5) is 1.97. The van der Waals surface area contributed by atoms with Crippen LogP contribution >= 0.6 is 0 Å². The first-order chi connectivity index (χ1) is 14.4. The molecule has 1 aliphatic rings. The molecule has 1 fully saturated rings. The lowest BCUT2D eigenvalue weighted by Gasteiger charge is -2.45. The van der Waals surface area contributed by atoms with Gasteiger partial charge in [-0.2, -0.15) is 4.31 Å². The van der Waals surface area contributed by atoms with Crippen molar-refractivity contribution in [1.82, 2.24) is 9.21 Å². The lowest BCUT2D eigenvalue weighted by Crippen LogP contribution is -2.54. The average Bonchev–Trinajstić information content (AvgIpc) is 2.69. The van der Waals surface area contributed by atoms with Gasteiger partial charge in [0.15, 0.2) is 0 Å². The topological polar surface area (TPSA) is 70.1 Å². The second kappa shape index (κ2) is 8.78. The van der Waals surface area contributed by atoms with Gasteiger partial charge in [-0.15, -0.1) is 13.2 Å². The molecule has 3 rings (SSSR count). The second-order valence-corrected chi connectivity index (χ2v) is 9.82. The maximum absolute atomic E-state index is 13.1. The van der Waals surface area contributed by atoms with Gasteiger partial charge in [0.2, 0.25) is 10.0 Å². The first kappa shape index (κ1) is 23.5. The van der Waals surface area contributed by atoms with Crippen molar-refractivity contribution in [2.24, 2.45) is 5.92 Å². The van der Waals surface area contributed by atoms with Crippen LogP contribution in [0, 0.1) is 5.92 Å². The Kier molecular flexibility index (Phi) is 6.66. The van der Waals surface area contributed by atoms with Crippen LogP contribution in [0.3, 0.4) is 0 Å². The maximum Gasteiger partial charge on any atom is 0.573 e. The summed E-state index contributed by atoms with van der Waals surface area (Å²) in [6.45, 7) is 0.389. The molecule has 0 amide bonds. The van der Waals surface area contributed by atoms with Crippen molar-refractivity contribution >= 4 is 10.0 Å². The Morgan fingerprint density at radius 2 is 1.84 bits per heavy atom. The highest BCUT2D eigenvalue weighted by Crippen LogP contribution is 2.40.